The lowest BCUT2D eigenvalue weighted by Crippen LogP contribution is -2.48. The Balaban J connectivity index is 1.50. The predicted octanol–water partition coefficient (Wildman–Crippen LogP) is 3.28. The molecule has 1 fully saturated rings. The van der Waals surface area contributed by atoms with E-state index in [9.17, 15) is 4.79 Å². The normalized spacial score (nSPS) is 14.2. The molecule has 29 heavy (non-hydrogen) atoms. The van der Waals surface area contributed by atoms with Gasteiger partial charge >= 0.3 is 0 Å². The standard InChI is InChI=1S/C21H23N3O4S/c1-26-15-7-5-4-6-14(15)20(25)23-10-12-24(13-11-23)21-22-18-17(29-21)9-8-16(27-2)19(18)28-3/h4-9H,10-13H2,1-3H3. The maximum Gasteiger partial charge on any atom is 0.257 e. The van der Waals surface area contributed by atoms with Gasteiger partial charge in [-0.15, -0.1) is 0 Å². The number of hydrogen-bond donors (Lipinski definition) is 0. The molecule has 1 aliphatic heterocycles. The second-order valence-corrected chi connectivity index (χ2v) is 7.63. The number of ether oxygens (including phenoxy) is 3. The van der Waals surface area contributed by atoms with E-state index in [4.69, 9.17) is 19.2 Å². The van der Waals surface area contributed by atoms with Crippen LogP contribution in [-0.2, 0) is 0 Å². The number of hydrogen-bond acceptors (Lipinski definition) is 7. The van der Waals surface area contributed by atoms with Crippen molar-refractivity contribution in [2.24, 2.45) is 0 Å². The number of amides is 1. The van der Waals surface area contributed by atoms with Crippen LogP contribution in [0.1, 0.15) is 10.4 Å². The molecule has 2 heterocycles. The van der Waals surface area contributed by atoms with E-state index >= 15 is 0 Å². The van der Waals surface area contributed by atoms with Crippen molar-refractivity contribution in [3.05, 3.63) is 42.0 Å². The zero-order valence-corrected chi connectivity index (χ0v) is 17.5. The van der Waals surface area contributed by atoms with Crippen LogP contribution in [0.3, 0.4) is 0 Å². The van der Waals surface area contributed by atoms with Crippen molar-refractivity contribution < 1.29 is 19.0 Å². The van der Waals surface area contributed by atoms with Crippen LogP contribution in [0.25, 0.3) is 10.2 Å². The van der Waals surface area contributed by atoms with Gasteiger partial charge in [-0.05, 0) is 24.3 Å². The third-order valence-electron chi connectivity index (χ3n) is 5.07. The maximum absolute atomic E-state index is 12.9. The van der Waals surface area contributed by atoms with Gasteiger partial charge in [0.15, 0.2) is 16.6 Å². The number of benzene rings is 2. The lowest BCUT2D eigenvalue weighted by molar-refractivity contribution is 0.0743. The third kappa shape index (κ3) is 3.55. The predicted molar refractivity (Wildman–Crippen MR) is 114 cm³/mol. The zero-order chi connectivity index (χ0) is 20.4. The minimum atomic E-state index is -0.00203. The van der Waals surface area contributed by atoms with Gasteiger partial charge in [0.05, 0.1) is 31.6 Å². The summed E-state index contributed by atoms with van der Waals surface area (Å²) < 4.78 is 17.3. The second kappa shape index (κ2) is 8.16. The number of anilines is 1. The average molecular weight is 413 g/mol. The van der Waals surface area contributed by atoms with Crippen molar-refractivity contribution in [2.45, 2.75) is 0 Å². The van der Waals surface area contributed by atoms with Crippen molar-refractivity contribution in [1.82, 2.24) is 9.88 Å². The van der Waals surface area contributed by atoms with Gasteiger partial charge in [0, 0.05) is 26.2 Å². The van der Waals surface area contributed by atoms with Crippen molar-refractivity contribution in [2.75, 3.05) is 52.4 Å². The molecule has 0 N–H and O–H groups in total. The van der Waals surface area contributed by atoms with Crippen LogP contribution in [0, 0.1) is 0 Å². The number of piperazine rings is 1. The molecule has 1 aromatic heterocycles. The van der Waals surface area contributed by atoms with Crippen molar-refractivity contribution >= 4 is 32.6 Å². The van der Waals surface area contributed by atoms with Crippen molar-refractivity contribution in [1.29, 1.82) is 0 Å². The molecule has 1 saturated heterocycles. The molecule has 4 rings (SSSR count). The highest BCUT2D eigenvalue weighted by atomic mass is 32.1. The Labute approximate surface area is 173 Å². The van der Waals surface area contributed by atoms with Gasteiger partial charge in [-0.1, -0.05) is 23.5 Å². The number of carbonyl (C=O) groups excluding carboxylic acids is 1. The summed E-state index contributed by atoms with van der Waals surface area (Å²) in [6.07, 6.45) is 0. The molecule has 0 unspecified atom stereocenters. The smallest absolute Gasteiger partial charge is 0.257 e. The summed E-state index contributed by atoms with van der Waals surface area (Å²) in [7, 11) is 4.83. The van der Waals surface area contributed by atoms with Crippen molar-refractivity contribution in [3.8, 4) is 17.2 Å². The molecule has 0 aliphatic carbocycles. The van der Waals surface area contributed by atoms with Crippen LogP contribution < -0.4 is 19.1 Å². The minimum absolute atomic E-state index is 0.00203. The number of nitrogens with zero attached hydrogens (tertiary/aromatic N) is 3. The largest absolute Gasteiger partial charge is 0.496 e. The van der Waals surface area contributed by atoms with E-state index in [1.807, 2.05) is 35.2 Å². The molecule has 0 spiro atoms. The summed E-state index contributed by atoms with van der Waals surface area (Å²) in [5.41, 5.74) is 1.40. The van der Waals surface area contributed by atoms with E-state index in [-0.39, 0.29) is 5.91 Å². The van der Waals surface area contributed by atoms with E-state index in [0.29, 0.717) is 35.9 Å². The first-order valence-electron chi connectivity index (χ1n) is 9.35. The van der Waals surface area contributed by atoms with E-state index < -0.39 is 0 Å². The number of para-hydroxylation sites is 1. The Bertz CT molecular complexity index is 1030. The molecule has 0 atom stereocenters. The van der Waals surface area contributed by atoms with Gasteiger partial charge in [0.25, 0.3) is 5.91 Å². The number of fused-ring (bicyclic) bond motifs is 1. The zero-order valence-electron chi connectivity index (χ0n) is 16.7. The monoisotopic (exact) mass is 413 g/mol. The van der Waals surface area contributed by atoms with Crippen LogP contribution >= 0.6 is 11.3 Å². The summed E-state index contributed by atoms with van der Waals surface area (Å²) in [6.45, 7) is 2.71. The average Bonchev–Trinajstić information content (AvgIpc) is 3.22. The first kappa shape index (κ1) is 19.3. The Hall–Kier alpha value is -3.00. The molecule has 8 heteroatoms. The summed E-state index contributed by atoms with van der Waals surface area (Å²) >= 11 is 1.62. The molecule has 0 bridgehead atoms. The number of methoxy groups -OCH3 is 3. The van der Waals surface area contributed by atoms with Gasteiger partial charge in [-0.25, -0.2) is 4.98 Å². The quantitative estimate of drug-likeness (QED) is 0.640. The summed E-state index contributed by atoms with van der Waals surface area (Å²) in [6, 6.07) is 11.2. The van der Waals surface area contributed by atoms with Crippen LogP contribution in [0.4, 0.5) is 5.13 Å². The third-order valence-corrected chi connectivity index (χ3v) is 6.15. The molecular weight excluding hydrogens is 390 g/mol. The molecule has 0 saturated carbocycles. The molecular formula is C21H23N3O4S. The van der Waals surface area contributed by atoms with E-state index in [1.54, 1.807) is 38.7 Å². The fraction of sp³-hybridized carbons (Fsp3) is 0.333. The number of rotatable bonds is 5. The fourth-order valence-corrected chi connectivity index (χ4v) is 4.54. The highest BCUT2D eigenvalue weighted by Crippen LogP contribution is 2.40. The van der Waals surface area contributed by atoms with Gasteiger partial charge in [0.2, 0.25) is 0 Å². The first-order valence-corrected chi connectivity index (χ1v) is 10.2. The molecule has 1 aliphatic rings. The van der Waals surface area contributed by atoms with E-state index in [2.05, 4.69) is 4.90 Å². The minimum Gasteiger partial charge on any atom is -0.496 e. The molecule has 7 nitrogen and oxygen atoms in total. The molecule has 1 amide bonds. The highest BCUT2D eigenvalue weighted by molar-refractivity contribution is 7.22. The number of carbonyl (C=O) groups is 1. The van der Waals surface area contributed by atoms with E-state index in [1.165, 1.54) is 0 Å². The molecule has 0 radical (unpaired) electrons. The number of aromatic nitrogens is 1. The Kier molecular flexibility index (Phi) is 5.44. The lowest BCUT2D eigenvalue weighted by atomic mass is 10.1. The SMILES string of the molecule is COc1ccccc1C(=O)N1CCN(c2nc3c(OC)c(OC)ccc3s2)CC1. The Morgan fingerprint density at radius 3 is 2.34 bits per heavy atom. The fourth-order valence-electron chi connectivity index (χ4n) is 3.53. The molecule has 3 aromatic rings. The topological polar surface area (TPSA) is 64.1 Å². The summed E-state index contributed by atoms with van der Waals surface area (Å²) in [4.78, 5) is 21.8. The van der Waals surface area contributed by atoms with Crippen LogP contribution in [-0.4, -0.2) is 63.3 Å². The number of thiazole rings is 1. The van der Waals surface area contributed by atoms with Gasteiger partial charge in [-0.3, -0.25) is 4.79 Å². The Morgan fingerprint density at radius 2 is 1.66 bits per heavy atom. The first-order chi connectivity index (χ1) is 14.2. The second-order valence-electron chi connectivity index (χ2n) is 6.62. The lowest BCUT2D eigenvalue weighted by Gasteiger charge is -2.34. The maximum atomic E-state index is 12.9. The van der Waals surface area contributed by atoms with Crippen LogP contribution in [0.2, 0.25) is 0 Å². The van der Waals surface area contributed by atoms with Crippen LogP contribution in [0.5, 0.6) is 17.2 Å². The van der Waals surface area contributed by atoms with Gasteiger partial charge in [-0.2, -0.15) is 0 Å². The molecule has 152 valence electrons. The summed E-state index contributed by atoms with van der Waals surface area (Å²) in [5, 5.41) is 0.927. The summed E-state index contributed by atoms with van der Waals surface area (Å²) in [5.74, 6) is 1.92. The van der Waals surface area contributed by atoms with E-state index in [0.717, 1.165) is 28.4 Å². The van der Waals surface area contributed by atoms with Gasteiger partial charge < -0.3 is 24.0 Å². The Morgan fingerprint density at radius 1 is 0.931 bits per heavy atom. The van der Waals surface area contributed by atoms with Crippen LogP contribution in [0.15, 0.2) is 36.4 Å². The van der Waals surface area contributed by atoms with Crippen molar-refractivity contribution in [3.63, 3.8) is 0 Å². The highest BCUT2D eigenvalue weighted by Gasteiger charge is 2.26. The van der Waals surface area contributed by atoms with Gasteiger partial charge in [0.1, 0.15) is 11.3 Å². The molecule has 2 aromatic carbocycles.